The monoisotopic (exact) mass is 273 g/mol. The molecule has 87 valence electrons. The van der Waals surface area contributed by atoms with E-state index in [0.29, 0.717) is 0 Å². The van der Waals surface area contributed by atoms with Crippen LogP contribution in [0.3, 0.4) is 0 Å². The Kier molecular flexibility index (Phi) is 7.81. The number of hydrogen-bond acceptors (Lipinski definition) is 6. The summed E-state index contributed by atoms with van der Waals surface area (Å²) < 4.78 is 57.3. The van der Waals surface area contributed by atoms with E-state index < -0.39 is 43.9 Å². The molecule has 1 radical (unpaired) electrons. The first kappa shape index (κ1) is 18.1. The maximum atomic E-state index is 10.2. The van der Waals surface area contributed by atoms with Crippen molar-refractivity contribution in [1.29, 1.82) is 0 Å². The fraction of sp³-hybridized carbons (Fsp3) is 1.00. The molecule has 0 rings (SSSR count). The van der Waals surface area contributed by atoms with E-state index in [0.717, 1.165) is 0 Å². The van der Waals surface area contributed by atoms with Crippen LogP contribution in [0.4, 0.5) is 0 Å². The van der Waals surface area contributed by atoms with Crippen molar-refractivity contribution in [3.8, 4) is 0 Å². The normalized spacial score (nSPS) is 16.5. The van der Waals surface area contributed by atoms with Crippen molar-refractivity contribution in [2.45, 2.75) is 23.7 Å². The molecule has 11 heteroatoms. The Bertz CT molecular complexity index is 333. The first-order valence-corrected chi connectivity index (χ1v) is 6.34. The largest absolute Gasteiger partial charge is 0.375 e. The van der Waals surface area contributed by atoms with Gasteiger partial charge in [0, 0.05) is 29.6 Å². The van der Waals surface area contributed by atoms with Gasteiger partial charge in [0.1, 0.15) is 0 Å². The van der Waals surface area contributed by atoms with Crippen LogP contribution < -0.4 is 0 Å². The van der Waals surface area contributed by atoms with Crippen molar-refractivity contribution in [3.05, 3.63) is 0 Å². The molecular formula is C4H10NaO8S2. The van der Waals surface area contributed by atoms with Crippen LogP contribution in [0.15, 0.2) is 0 Å². The molecule has 8 nitrogen and oxygen atoms in total. The summed E-state index contributed by atoms with van der Waals surface area (Å²) in [5.41, 5.74) is -4.36. The molecule has 0 heterocycles. The topological polar surface area (TPSA) is 149 Å². The van der Waals surface area contributed by atoms with Gasteiger partial charge in [0.05, 0.1) is 0 Å². The molecule has 0 aromatic carbocycles. The molecule has 0 spiro atoms. The molecule has 0 amide bonds. The summed E-state index contributed by atoms with van der Waals surface area (Å²) in [6.45, 7) is 0. The Labute approximate surface area is 109 Å². The van der Waals surface area contributed by atoms with Gasteiger partial charge in [-0.1, -0.05) is 0 Å². The number of hydrogen-bond donors (Lipinski definition) is 4. The Balaban J connectivity index is 0. The van der Waals surface area contributed by atoms with Gasteiger partial charge in [-0.05, 0) is 12.8 Å². The Morgan fingerprint density at radius 2 is 1.00 bits per heavy atom. The van der Waals surface area contributed by atoms with Gasteiger partial charge in [0.25, 0.3) is 20.2 Å². The minimum atomic E-state index is -4.68. The smallest absolute Gasteiger partial charge is 0.291 e. The molecule has 0 saturated heterocycles. The fourth-order valence-corrected chi connectivity index (χ4v) is 1.45. The Morgan fingerprint density at radius 3 is 1.13 bits per heavy atom. The molecule has 0 aromatic heterocycles. The second-order valence-corrected chi connectivity index (χ2v) is 5.66. The van der Waals surface area contributed by atoms with Crippen LogP contribution in [-0.4, -0.2) is 76.6 Å². The molecular weight excluding hydrogens is 263 g/mol. The molecule has 0 aliphatic rings. The molecule has 0 saturated carbocycles. The summed E-state index contributed by atoms with van der Waals surface area (Å²) in [4.78, 5) is 0. The van der Waals surface area contributed by atoms with E-state index in [-0.39, 0.29) is 29.6 Å². The third-order valence-corrected chi connectivity index (χ3v) is 3.19. The molecule has 0 fully saturated rings. The van der Waals surface area contributed by atoms with Gasteiger partial charge in [0.2, 0.25) is 0 Å². The third-order valence-electron chi connectivity index (χ3n) is 1.35. The molecule has 0 bridgehead atoms. The number of aliphatic hydroxyl groups excluding tert-OH is 2. The van der Waals surface area contributed by atoms with Gasteiger partial charge in [-0.25, -0.2) is 0 Å². The molecule has 0 aromatic rings. The van der Waals surface area contributed by atoms with Crippen molar-refractivity contribution in [3.63, 3.8) is 0 Å². The minimum Gasteiger partial charge on any atom is -0.375 e. The number of rotatable bonds is 5. The average molecular weight is 273 g/mol. The SMILES string of the molecule is O=S(=O)(O)C(O)CCC(O)S(=O)(=O)O.[Na]. The van der Waals surface area contributed by atoms with Crippen molar-refractivity contribution < 1.29 is 36.2 Å². The van der Waals surface area contributed by atoms with Crippen molar-refractivity contribution in [1.82, 2.24) is 0 Å². The van der Waals surface area contributed by atoms with Gasteiger partial charge >= 0.3 is 0 Å². The van der Waals surface area contributed by atoms with Gasteiger partial charge in [0.15, 0.2) is 10.9 Å². The summed E-state index contributed by atoms with van der Waals surface area (Å²) in [5, 5.41) is 17.3. The van der Waals surface area contributed by atoms with Crippen LogP contribution in [0.25, 0.3) is 0 Å². The molecule has 0 aliphatic heterocycles. The summed E-state index contributed by atoms with van der Waals surface area (Å²) in [5.74, 6) is 0. The van der Waals surface area contributed by atoms with Crippen molar-refractivity contribution >= 4 is 49.8 Å². The zero-order chi connectivity index (χ0) is 11.6. The summed E-state index contributed by atoms with van der Waals surface area (Å²) in [6, 6.07) is 0. The molecule has 2 unspecified atom stereocenters. The van der Waals surface area contributed by atoms with Crippen LogP contribution >= 0.6 is 0 Å². The quantitative estimate of drug-likeness (QED) is 0.325. The fourth-order valence-electron chi connectivity index (χ4n) is 0.583. The Hall–Kier alpha value is 0.740. The average Bonchev–Trinajstić information content (AvgIpc) is 1.95. The third kappa shape index (κ3) is 7.60. The van der Waals surface area contributed by atoms with Gasteiger partial charge in [-0.15, -0.1) is 0 Å². The first-order valence-electron chi connectivity index (χ1n) is 3.34. The summed E-state index contributed by atoms with van der Waals surface area (Å²) >= 11 is 0. The Morgan fingerprint density at radius 1 is 0.800 bits per heavy atom. The van der Waals surface area contributed by atoms with E-state index >= 15 is 0 Å². The maximum Gasteiger partial charge on any atom is 0.291 e. The van der Waals surface area contributed by atoms with Crippen LogP contribution in [0.1, 0.15) is 12.8 Å². The summed E-state index contributed by atoms with van der Waals surface area (Å²) in [7, 11) is -9.35. The minimum absolute atomic E-state index is 0. The van der Waals surface area contributed by atoms with Crippen LogP contribution in [-0.2, 0) is 20.2 Å². The van der Waals surface area contributed by atoms with Crippen molar-refractivity contribution in [2.24, 2.45) is 0 Å². The zero-order valence-corrected chi connectivity index (χ0v) is 11.4. The molecule has 15 heavy (non-hydrogen) atoms. The van der Waals surface area contributed by atoms with E-state index in [9.17, 15) is 16.8 Å². The van der Waals surface area contributed by atoms with E-state index in [2.05, 4.69) is 0 Å². The predicted molar refractivity (Wildman–Crippen MR) is 50.1 cm³/mol. The second-order valence-electron chi connectivity index (χ2n) is 2.52. The van der Waals surface area contributed by atoms with Crippen LogP contribution in [0.5, 0.6) is 0 Å². The number of aliphatic hydroxyl groups is 2. The zero-order valence-electron chi connectivity index (χ0n) is 7.81. The molecule has 0 aliphatic carbocycles. The van der Waals surface area contributed by atoms with E-state index in [1.165, 1.54) is 0 Å². The van der Waals surface area contributed by atoms with Gasteiger partial charge < -0.3 is 10.2 Å². The second kappa shape index (κ2) is 6.47. The first-order chi connectivity index (χ1) is 6.05. The van der Waals surface area contributed by atoms with Gasteiger partial charge in [-0.3, -0.25) is 9.11 Å². The van der Waals surface area contributed by atoms with E-state index in [1.54, 1.807) is 0 Å². The maximum absolute atomic E-state index is 10.2. The van der Waals surface area contributed by atoms with Gasteiger partial charge in [-0.2, -0.15) is 16.8 Å². The molecule has 2 atom stereocenters. The van der Waals surface area contributed by atoms with Crippen molar-refractivity contribution in [2.75, 3.05) is 0 Å². The van der Waals surface area contributed by atoms with E-state index in [1.807, 2.05) is 0 Å². The van der Waals surface area contributed by atoms with Crippen LogP contribution in [0, 0.1) is 0 Å². The van der Waals surface area contributed by atoms with E-state index in [4.69, 9.17) is 19.3 Å². The predicted octanol–water partition coefficient (Wildman–Crippen LogP) is -2.20. The van der Waals surface area contributed by atoms with Crippen LogP contribution in [0.2, 0.25) is 0 Å². The summed E-state index contributed by atoms with van der Waals surface area (Å²) in [6.07, 6.45) is -1.42. The standard InChI is InChI=1S/C4H10O8S2.Na/c5-3(13(7,8)9)1-2-4(6)14(10,11)12;/h3-6H,1-2H2,(H,7,8,9)(H,10,11,12);. The molecule has 4 N–H and O–H groups in total.